The van der Waals surface area contributed by atoms with Crippen LogP contribution in [0.1, 0.15) is 57.7 Å². The fourth-order valence-electron chi connectivity index (χ4n) is 6.78. The number of aromatic nitrogens is 2. The van der Waals surface area contributed by atoms with E-state index in [1.165, 1.54) is 11.0 Å². The summed E-state index contributed by atoms with van der Waals surface area (Å²) in [6, 6.07) is 9.30. The minimum absolute atomic E-state index is 0.0554. The highest BCUT2D eigenvalue weighted by atomic mass is 32.2. The first kappa shape index (κ1) is 36.1. The number of nitrogens with zero attached hydrogens (tertiary/aromatic N) is 3. The van der Waals surface area contributed by atoms with Crippen LogP contribution in [0, 0.1) is 25.2 Å². The molecule has 14 heteroatoms. The van der Waals surface area contributed by atoms with Gasteiger partial charge in [0.15, 0.2) is 0 Å². The third kappa shape index (κ3) is 7.51. The van der Waals surface area contributed by atoms with Gasteiger partial charge in [0.1, 0.15) is 35.3 Å². The van der Waals surface area contributed by atoms with Gasteiger partial charge in [-0.1, -0.05) is 26.8 Å². The van der Waals surface area contributed by atoms with Gasteiger partial charge in [0, 0.05) is 29.6 Å². The molecule has 13 nitrogen and oxygen atoms in total. The lowest BCUT2D eigenvalue weighted by molar-refractivity contribution is -0.141. The zero-order valence-corrected chi connectivity index (χ0v) is 30.7. The van der Waals surface area contributed by atoms with E-state index in [1.54, 1.807) is 19.4 Å². The van der Waals surface area contributed by atoms with E-state index < -0.39 is 62.1 Å². The third-order valence-corrected chi connectivity index (χ3v) is 11.6. The number of ether oxygens (including phenoxy) is 2. The van der Waals surface area contributed by atoms with Gasteiger partial charge in [-0.2, -0.15) is 0 Å². The van der Waals surface area contributed by atoms with Gasteiger partial charge in [-0.05, 0) is 85.9 Å². The average molecular weight is 719 g/mol. The van der Waals surface area contributed by atoms with Gasteiger partial charge in [0.25, 0.3) is 5.91 Å². The Bertz CT molecular complexity index is 1970. The summed E-state index contributed by atoms with van der Waals surface area (Å²) in [5, 5.41) is 7.14. The van der Waals surface area contributed by atoms with Gasteiger partial charge in [-0.15, -0.1) is 6.58 Å². The zero-order chi connectivity index (χ0) is 36.9. The molecule has 3 fully saturated rings. The fraction of sp³-hybridized carbons (Fsp3) is 0.486. The van der Waals surface area contributed by atoms with Gasteiger partial charge in [0.05, 0.1) is 18.9 Å². The van der Waals surface area contributed by atoms with E-state index in [4.69, 9.17) is 9.47 Å². The smallest absolute Gasteiger partial charge is 0.259 e. The molecule has 0 radical (unpaired) electrons. The van der Waals surface area contributed by atoms with E-state index >= 15 is 0 Å². The highest BCUT2D eigenvalue weighted by molar-refractivity contribution is 7.91. The molecule has 1 saturated heterocycles. The Labute approximate surface area is 298 Å². The Morgan fingerprint density at radius 1 is 1.12 bits per heavy atom. The molecule has 0 spiro atoms. The van der Waals surface area contributed by atoms with Crippen LogP contribution in [0.25, 0.3) is 10.8 Å². The molecule has 2 aromatic heterocycles. The van der Waals surface area contributed by atoms with E-state index in [9.17, 15) is 22.8 Å². The molecule has 1 unspecified atom stereocenters. The van der Waals surface area contributed by atoms with E-state index in [2.05, 4.69) is 31.9 Å². The summed E-state index contributed by atoms with van der Waals surface area (Å²) in [6.45, 7) is 13.5. The quantitative estimate of drug-likeness (QED) is 0.234. The minimum Gasteiger partial charge on any atom is -0.497 e. The second-order valence-corrected chi connectivity index (χ2v) is 16.9. The van der Waals surface area contributed by atoms with Crippen molar-refractivity contribution in [3.05, 3.63) is 66.5 Å². The van der Waals surface area contributed by atoms with E-state index in [0.717, 1.165) is 22.0 Å². The van der Waals surface area contributed by atoms with Crippen LogP contribution >= 0.6 is 0 Å². The molecular weight excluding hydrogens is 673 g/mol. The molecule has 51 heavy (non-hydrogen) atoms. The number of methoxy groups -OCH3 is 1. The Kier molecular flexibility index (Phi) is 9.51. The third-order valence-electron chi connectivity index (χ3n) is 9.81. The molecule has 3 aromatic rings. The largest absolute Gasteiger partial charge is 0.497 e. The summed E-state index contributed by atoms with van der Waals surface area (Å²) in [4.78, 5) is 53.0. The number of carbonyl (C=O) groups is 3. The van der Waals surface area contributed by atoms with Gasteiger partial charge < -0.3 is 25.0 Å². The second-order valence-electron chi connectivity index (χ2n) is 15.0. The van der Waals surface area contributed by atoms with E-state index in [-0.39, 0.29) is 25.3 Å². The molecule has 272 valence electrons. The predicted octanol–water partition coefficient (Wildman–Crippen LogP) is 3.80. The number of rotatable bonds is 12. The topological polar surface area (TPSA) is 169 Å². The number of hydrogen-bond acceptors (Lipinski definition) is 10. The Morgan fingerprint density at radius 2 is 1.86 bits per heavy atom. The van der Waals surface area contributed by atoms with Crippen molar-refractivity contribution in [1.82, 2.24) is 24.9 Å². The van der Waals surface area contributed by atoms with Gasteiger partial charge in [-0.25, -0.2) is 18.4 Å². The SMILES string of the molecule is C=C[C@@H]1C[C@]1(NC(=O)[C@@H]1C[C@@H](Oc2nccc3cc(OC)ccc23)CN1C(=O)C(Nc1cc(C)cc(C)n1)C(C)(C)C)C(=O)NS(=O)(=O)C1CC1. The predicted molar refractivity (Wildman–Crippen MR) is 193 cm³/mol. The highest BCUT2D eigenvalue weighted by Crippen LogP contribution is 2.45. The molecule has 2 aliphatic carbocycles. The number of amides is 3. The lowest BCUT2D eigenvalue weighted by atomic mass is 9.85. The average Bonchev–Trinajstić information content (AvgIpc) is 3.99. The Balaban J connectivity index is 1.31. The van der Waals surface area contributed by atoms with Crippen molar-refractivity contribution in [1.29, 1.82) is 0 Å². The summed E-state index contributed by atoms with van der Waals surface area (Å²) in [5.41, 5.74) is -0.353. The van der Waals surface area contributed by atoms with Crippen molar-refractivity contribution in [2.24, 2.45) is 11.3 Å². The van der Waals surface area contributed by atoms with Gasteiger partial charge in [-0.3, -0.25) is 19.1 Å². The molecule has 2 saturated carbocycles. The van der Waals surface area contributed by atoms with Crippen LogP contribution in [0.3, 0.4) is 0 Å². The number of sulfonamides is 1. The van der Waals surface area contributed by atoms with Crippen molar-refractivity contribution in [3.8, 4) is 11.6 Å². The van der Waals surface area contributed by atoms with Crippen molar-refractivity contribution in [2.45, 2.75) is 89.3 Å². The van der Waals surface area contributed by atoms with Crippen LogP contribution in [-0.4, -0.2) is 83.6 Å². The molecule has 6 rings (SSSR count). The normalized spacial score (nSPS) is 23.6. The van der Waals surface area contributed by atoms with Crippen molar-refractivity contribution < 1.29 is 32.3 Å². The van der Waals surface area contributed by atoms with Gasteiger partial charge >= 0.3 is 0 Å². The van der Waals surface area contributed by atoms with E-state index in [1.807, 2.05) is 65.0 Å². The number of hydrogen-bond donors (Lipinski definition) is 3. The standard InChI is InChI=1S/C37H46N6O7S/c1-8-24-19-37(24,35(46)42-51(47,48)27-10-11-27)41-32(44)29-18-26(50-33-28-12-9-25(49-7)17-23(28)13-14-38-33)20-43(29)34(45)31(36(4,5)6)40-30-16-21(2)15-22(3)39-30/h8-9,12-17,24,26-27,29,31H,1,10-11,18-20H2,2-7H3,(H,39,40)(H,41,44)(H,42,46)/t24-,26-,29+,31?,37-/m1/s1. The van der Waals surface area contributed by atoms with Gasteiger partial charge in [0.2, 0.25) is 27.7 Å². The molecule has 1 aliphatic heterocycles. The minimum atomic E-state index is -3.87. The van der Waals surface area contributed by atoms with Crippen LogP contribution in [0.2, 0.25) is 0 Å². The lowest BCUT2D eigenvalue weighted by Gasteiger charge is -2.36. The Hall–Kier alpha value is -4.72. The first-order valence-corrected chi connectivity index (χ1v) is 18.7. The maximum absolute atomic E-state index is 14.7. The number of benzene rings is 1. The first-order chi connectivity index (χ1) is 24.0. The number of aryl methyl sites for hydroxylation is 2. The number of carbonyl (C=O) groups excluding carboxylic acids is 3. The molecule has 3 heterocycles. The number of likely N-dealkylation sites (tertiary alicyclic amines) is 1. The number of anilines is 1. The highest BCUT2D eigenvalue weighted by Gasteiger charge is 2.62. The second kappa shape index (κ2) is 13.4. The van der Waals surface area contributed by atoms with Crippen LogP contribution in [-0.2, 0) is 24.4 Å². The summed E-state index contributed by atoms with van der Waals surface area (Å²) in [6.07, 6.45) is 3.75. The molecule has 3 aliphatic rings. The fourth-order valence-corrected chi connectivity index (χ4v) is 8.14. The summed E-state index contributed by atoms with van der Waals surface area (Å²) < 4.78 is 39.4. The maximum atomic E-state index is 14.7. The summed E-state index contributed by atoms with van der Waals surface area (Å²) >= 11 is 0. The molecule has 1 aromatic carbocycles. The zero-order valence-electron chi connectivity index (χ0n) is 29.9. The summed E-state index contributed by atoms with van der Waals surface area (Å²) in [5.74, 6) is -0.681. The summed E-state index contributed by atoms with van der Waals surface area (Å²) in [7, 11) is -2.28. The maximum Gasteiger partial charge on any atom is 0.259 e. The molecule has 3 N–H and O–H groups in total. The lowest BCUT2D eigenvalue weighted by Crippen LogP contribution is -2.58. The van der Waals surface area contributed by atoms with E-state index in [0.29, 0.717) is 30.3 Å². The van der Waals surface area contributed by atoms with Crippen molar-refractivity contribution in [2.75, 3.05) is 19.0 Å². The molecule has 3 amide bonds. The van der Waals surface area contributed by atoms with Crippen LogP contribution in [0.4, 0.5) is 5.82 Å². The molecule has 0 bridgehead atoms. The molecular formula is C37H46N6O7S. The van der Waals surface area contributed by atoms with Crippen LogP contribution in [0.5, 0.6) is 11.6 Å². The van der Waals surface area contributed by atoms with Crippen LogP contribution in [0.15, 0.2) is 55.3 Å². The van der Waals surface area contributed by atoms with Crippen molar-refractivity contribution >= 4 is 44.3 Å². The molecule has 5 atom stereocenters. The number of pyridine rings is 2. The monoisotopic (exact) mass is 718 g/mol. The number of fused-ring (bicyclic) bond motifs is 1. The van der Waals surface area contributed by atoms with Crippen molar-refractivity contribution in [3.63, 3.8) is 0 Å². The first-order valence-electron chi connectivity index (χ1n) is 17.2. The van der Waals surface area contributed by atoms with Crippen LogP contribution < -0.4 is 24.8 Å². The number of nitrogens with one attached hydrogen (secondary N) is 3. The Morgan fingerprint density at radius 3 is 2.49 bits per heavy atom.